The predicted molar refractivity (Wildman–Crippen MR) is 98.2 cm³/mol. The molecule has 0 spiro atoms. The molecule has 0 bridgehead atoms. The maximum absolute atomic E-state index is 12.1. The van der Waals surface area contributed by atoms with Crippen molar-refractivity contribution in [2.24, 2.45) is 0 Å². The molecule has 25 heavy (non-hydrogen) atoms. The van der Waals surface area contributed by atoms with E-state index in [1.807, 2.05) is 66.7 Å². The van der Waals surface area contributed by atoms with Crippen molar-refractivity contribution < 1.29 is 14.3 Å². The Morgan fingerprint density at radius 2 is 1.64 bits per heavy atom. The second-order valence-corrected chi connectivity index (χ2v) is 5.48. The first-order valence-electron chi connectivity index (χ1n) is 7.97. The lowest BCUT2D eigenvalue weighted by Crippen LogP contribution is -2.11. The van der Waals surface area contributed by atoms with E-state index in [0.717, 1.165) is 22.7 Å². The van der Waals surface area contributed by atoms with Crippen LogP contribution in [0.5, 0.6) is 11.5 Å². The Balaban J connectivity index is 1.57. The molecule has 4 nitrogen and oxygen atoms in total. The van der Waals surface area contributed by atoms with Crippen LogP contribution in [0.15, 0.2) is 78.9 Å². The van der Waals surface area contributed by atoms with Crippen LogP contribution in [0.25, 0.3) is 0 Å². The Morgan fingerprint density at radius 3 is 2.36 bits per heavy atom. The Kier molecular flexibility index (Phi) is 5.32. The van der Waals surface area contributed by atoms with Crippen molar-refractivity contribution in [2.75, 3.05) is 12.4 Å². The lowest BCUT2D eigenvalue weighted by atomic mass is 10.2. The Hall–Kier alpha value is -3.27. The predicted octanol–water partition coefficient (Wildman–Crippen LogP) is 4.53. The topological polar surface area (TPSA) is 47.6 Å². The molecule has 0 saturated carbocycles. The van der Waals surface area contributed by atoms with Crippen LogP contribution in [0.3, 0.4) is 0 Å². The summed E-state index contributed by atoms with van der Waals surface area (Å²) in [5.74, 6) is 1.41. The molecular formula is C21H19NO3. The van der Waals surface area contributed by atoms with Crippen molar-refractivity contribution in [2.45, 2.75) is 6.61 Å². The molecule has 3 rings (SSSR count). The zero-order chi connectivity index (χ0) is 17.5. The second kappa shape index (κ2) is 8.02. The number of benzene rings is 3. The van der Waals surface area contributed by atoms with E-state index in [-0.39, 0.29) is 5.91 Å². The van der Waals surface area contributed by atoms with Crippen LogP contribution in [0.4, 0.5) is 5.69 Å². The Bertz CT molecular complexity index is 829. The highest BCUT2D eigenvalue weighted by Gasteiger charge is 2.05. The second-order valence-electron chi connectivity index (χ2n) is 5.48. The molecule has 4 heteroatoms. The summed E-state index contributed by atoms with van der Waals surface area (Å²) in [5, 5.41) is 2.86. The molecule has 0 atom stereocenters. The van der Waals surface area contributed by atoms with Gasteiger partial charge in [-0.15, -0.1) is 0 Å². The summed E-state index contributed by atoms with van der Waals surface area (Å²) in [4.78, 5) is 12.1. The Morgan fingerprint density at radius 1 is 0.880 bits per heavy atom. The van der Waals surface area contributed by atoms with Gasteiger partial charge in [0.25, 0.3) is 5.91 Å². The van der Waals surface area contributed by atoms with Crippen molar-refractivity contribution in [1.29, 1.82) is 0 Å². The fraction of sp³-hybridized carbons (Fsp3) is 0.0952. The first kappa shape index (κ1) is 16.6. The van der Waals surface area contributed by atoms with Gasteiger partial charge >= 0.3 is 0 Å². The molecule has 0 heterocycles. The number of hydrogen-bond donors (Lipinski definition) is 1. The van der Waals surface area contributed by atoms with E-state index >= 15 is 0 Å². The normalized spacial score (nSPS) is 10.1. The lowest BCUT2D eigenvalue weighted by molar-refractivity contribution is 0.102. The highest BCUT2D eigenvalue weighted by Crippen LogP contribution is 2.19. The minimum atomic E-state index is -0.134. The van der Waals surface area contributed by atoms with E-state index in [4.69, 9.17) is 9.47 Å². The summed E-state index contributed by atoms with van der Waals surface area (Å²) in [5.41, 5.74) is 2.38. The smallest absolute Gasteiger partial charge is 0.255 e. The molecule has 1 amide bonds. The molecule has 1 N–H and O–H groups in total. The van der Waals surface area contributed by atoms with Gasteiger partial charge in [0.1, 0.15) is 18.1 Å². The van der Waals surface area contributed by atoms with Crippen LogP contribution >= 0.6 is 0 Å². The molecule has 0 radical (unpaired) electrons. The average Bonchev–Trinajstić information content (AvgIpc) is 2.68. The molecular weight excluding hydrogens is 314 g/mol. The lowest BCUT2D eigenvalue weighted by Gasteiger charge is -2.09. The number of rotatable bonds is 6. The van der Waals surface area contributed by atoms with Gasteiger partial charge < -0.3 is 14.8 Å². The monoisotopic (exact) mass is 333 g/mol. The number of nitrogens with one attached hydrogen (secondary N) is 1. The molecule has 0 aliphatic rings. The number of anilines is 1. The highest BCUT2D eigenvalue weighted by molar-refractivity contribution is 6.04. The van der Waals surface area contributed by atoms with Gasteiger partial charge in [-0.3, -0.25) is 4.79 Å². The summed E-state index contributed by atoms with van der Waals surface area (Å²) < 4.78 is 11.0. The molecule has 126 valence electrons. The van der Waals surface area contributed by atoms with Crippen LogP contribution in [0.1, 0.15) is 15.9 Å². The summed E-state index contributed by atoms with van der Waals surface area (Å²) in [7, 11) is 1.64. The standard InChI is InChI=1S/C21H19NO3/c1-24-20-9-5-6-16(14-20)15-25-19-12-10-18(11-13-19)22-21(23)17-7-3-2-4-8-17/h2-14H,15H2,1H3,(H,22,23). The fourth-order valence-electron chi connectivity index (χ4n) is 2.36. The molecule has 0 aliphatic heterocycles. The van der Waals surface area contributed by atoms with E-state index in [1.54, 1.807) is 19.2 Å². The molecule has 0 aliphatic carbocycles. The molecule has 0 unspecified atom stereocenters. The fourth-order valence-corrected chi connectivity index (χ4v) is 2.36. The third-order valence-electron chi connectivity index (χ3n) is 3.69. The molecule has 0 aromatic heterocycles. The van der Waals surface area contributed by atoms with Crippen LogP contribution < -0.4 is 14.8 Å². The van der Waals surface area contributed by atoms with Gasteiger partial charge in [-0.05, 0) is 54.1 Å². The van der Waals surface area contributed by atoms with Crippen LogP contribution in [0.2, 0.25) is 0 Å². The quantitative estimate of drug-likeness (QED) is 0.721. The van der Waals surface area contributed by atoms with Gasteiger partial charge in [-0.2, -0.15) is 0 Å². The molecule has 0 saturated heterocycles. The highest BCUT2D eigenvalue weighted by atomic mass is 16.5. The number of hydrogen-bond acceptors (Lipinski definition) is 3. The van der Waals surface area contributed by atoms with Gasteiger partial charge in [-0.25, -0.2) is 0 Å². The van der Waals surface area contributed by atoms with Gasteiger partial charge in [0, 0.05) is 11.3 Å². The van der Waals surface area contributed by atoms with Crippen molar-refractivity contribution >= 4 is 11.6 Å². The Labute approximate surface area is 147 Å². The largest absolute Gasteiger partial charge is 0.497 e. The van der Waals surface area contributed by atoms with Gasteiger partial charge in [0.2, 0.25) is 0 Å². The number of carbonyl (C=O) groups is 1. The summed E-state index contributed by atoms with van der Waals surface area (Å²) in [6, 6.07) is 24.2. The van der Waals surface area contributed by atoms with E-state index < -0.39 is 0 Å². The van der Waals surface area contributed by atoms with E-state index in [1.165, 1.54) is 0 Å². The minimum Gasteiger partial charge on any atom is -0.497 e. The zero-order valence-corrected chi connectivity index (χ0v) is 13.9. The van der Waals surface area contributed by atoms with E-state index in [0.29, 0.717) is 12.2 Å². The first-order valence-corrected chi connectivity index (χ1v) is 7.97. The van der Waals surface area contributed by atoms with Crippen molar-refractivity contribution in [3.63, 3.8) is 0 Å². The SMILES string of the molecule is COc1cccc(COc2ccc(NC(=O)c3ccccc3)cc2)c1. The van der Waals surface area contributed by atoms with Crippen LogP contribution in [-0.2, 0) is 6.61 Å². The third-order valence-corrected chi connectivity index (χ3v) is 3.69. The summed E-state index contributed by atoms with van der Waals surface area (Å²) in [6.07, 6.45) is 0. The minimum absolute atomic E-state index is 0.134. The zero-order valence-electron chi connectivity index (χ0n) is 13.9. The maximum atomic E-state index is 12.1. The van der Waals surface area contributed by atoms with Crippen LogP contribution in [-0.4, -0.2) is 13.0 Å². The molecule has 0 fully saturated rings. The van der Waals surface area contributed by atoms with Crippen molar-refractivity contribution in [3.05, 3.63) is 90.0 Å². The number of carbonyl (C=O) groups excluding carboxylic acids is 1. The van der Waals surface area contributed by atoms with Crippen molar-refractivity contribution in [3.8, 4) is 11.5 Å². The first-order chi connectivity index (χ1) is 12.2. The average molecular weight is 333 g/mol. The van der Waals surface area contributed by atoms with Gasteiger partial charge in [0.05, 0.1) is 7.11 Å². The molecule has 3 aromatic rings. The number of methoxy groups -OCH3 is 1. The van der Waals surface area contributed by atoms with Gasteiger partial charge in [-0.1, -0.05) is 30.3 Å². The summed E-state index contributed by atoms with van der Waals surface area (Å²) in [6.45, 7) is 0.451. The van der Waals surface area contributed by atoms with Crippen molar-refractivity contribution in [1.82, 2.24) is 0 Å². The molecule has 3 aromatic carbocycles. The van der Waals surface area contributed by atoms with Crippen LogP contribution in [0, 0.1) is 0 Å². The van der Waals surface area contributed by atoms with Gasteiger partial charge in [0.15, 0.2) is 0 Å². The number of ether oxygens (including phenoxy) is 2. The third kappa shape index (κ3) is 4.61. The maximum Gasteiger partial charge on any atom is 0.255 e. The summed E-state index contributed by atoms with van der Waals surface area (Å²) >= 11 is 0. The van der Waals surface area contributed by atoms with E-state index in [9.17, 15) is 4.79 Å². The van der Waals surface area contributed by atoms with E-state index in [2.05, 4.69) is 5.32 Å². The number of amides is 1.